The molecule has 0 spiro atoms. The summed E-state index contributed by atoms with van der Waals surface area (Å²) >= 11 is 2.17. The highest BCUT2D eigenvalue weighted by molar-refractivity contribution is 14.1. The van der Waals surface area contributed by atoms with Crippen molar-refractivity contribution < 1.29 is 9.53 Å². The van der Waals surface area contributed by atoms with E-state index in [2.05, 4.69) is 27.9 Å². The van der Waals surface area contributed by atoms with Crippen LogP contribution in [0.2, 0.25) is 0 Å². The minimum absolute atomic E-state index is 0.108. The van der Waals surface area contributed by atoms with Crippen molar-refractivity contribution in [1.29, 1.82) is 0 Å². The first kappa shape index (κ1) is 13.9. The summed E-state index contributed by atoms with van der Waals surface area (Å²) in [5, 5.41) is 2.90. The van der Waals surface area contributed by atoms with Crippen molar-refractivity contribution in [3.05, 3.63) is 57.2 Å². The van der Waals surface area contributed by atoms with E-state index in [9.17, 15) is 4.79 Å². The number of hydrogen-bond acceptors (Lipinski definition) is 2. The predicted molar refractivity (Wildman–Crippen MR) is 84.8 cm³/mol. The molecule has 4 heteroatoms. The van der Waals surface area contributed by atoms with Crippen LogP contribution in [0.3, 0.4) is 0 Å². The Kier molecular flexibility index (Phi) is 4.42. The third-order valence-corrected chi connectivity index (χ3v) is 3.63. The zero-order valence-corrected chi connectivity index (χ0v) is 12.9. The fourth-order valence-corrected chi connectivity index (χ4v) is 2.25. The maximum atomic E-state index is 12.1. The van der Waals surface area contributed by atoms with Gasteiger partial charge in [0.25, 0.3) is 5.91 Å². The number of hydrogen-bond donors (Lipinski definition) is 1. The molecule has 0 atom stereocenters. The zero-order valence-electron chi connectivity index (χ0n) is 10.7. The van der Waals surface area contributed by atoms with E-state index in [-0.39, 0.29) is 5.91 Å². The van der Waals surface area contributed by atoms with E-state index in [0.717, 1.165) is 20.6 Å². The van der Waals surface area contributed by atoms with Gasteiger partial charge < -0.3 is 10.1 Å². The average Bonchev–Trinajstić information content (AvgIpc) is 2.41. The minimum Gasteiger partial charge on any atom is -0.497 e. The molecule has 0 heterocycles. The van der Waals surface area contributed by atoms with Crippen LogP contribution in [0.15, 0.2) is 42.5 Å². The number of nitrogens with one attached hydrogen (secondary N) is 1. The Morgan fingerprint density at radius 3 is 2.42 bits per heavy atom. The van der Waals surface area contributed by atoms with Crippen LogP contribution in [0.5, 0.6) is 5.75 Å². The highest BCUT2D eigenvalue weighted by Crippen LogP contribution is 2.24. The Morgan fingerprint density at radius 1 is 1.16 bits per heavy atom. The zero-order chi connectivity index (χ0) is 13.8. The Bertz CT molecular complexity index is 594. The summed E-state index contributed by atoms with van der Waals surface area (Å²) in [5.74, 6) is 0.667. The number of benzene rings is 2. The van der Waals surface area contributed by atoms with E-state index in [1.165, 1.54) is 0 Å². The monoisotopic (exact) mass is 367 g/mol. The molecule has 98 valence electrons. The van der Waals surface area contributed by atoms with Gasteiger partial charge in [0.05, 0.1) is 12.8 Å². The second-order valence-corrected chi connectivity index (χ2v) is 5.33. The Hall–Kier alpha value is -1.56. The molecule has 3 nitrogen and oxygen atoms in total. The van der Waals surface area contributed by atoms with Crippen LogP contribution in [0.1, 0.15) is 15.9 Å². The van der Waals surface area contributed by atoms with E-state index in [1.807, 2.05) is 49.4 Å². The van der Waals surface area contributed by atoms with Gasteiger partial charge in [-0.05, 0) is 59.8 Å². The van der Waals surface area contributed by atoms with Crippen molar-refractivity contribution in [3.8, 4) is 5.75 Å². The number of ether oxygens (including phenoxy) is 1. The van der Waals surface area contributed by atoms with Crippen LogP contribution in [0.4, 0.5) is 5.69 Å². The van der Waals surface area contributed by atoms with Crippen molar-refractivity contribution in [2.45, 2.75) is 6.92 Å². The lowest BCUT2D eigenvalue weighted by Crippen LogP contribution is -2.12. The SMILES string of the molecule is COc1ccc(NC(=O)c2ccc(C)cc2)c(I)c1. The molecule has 0 saturated carbocycles. The molecule has 2 rings (SSSR count). The van der Waals surface area contributed by atoms with E-state index in [1.54, 1.807) is 7.11 Å². The lowest BCUT2D eigenvalue weighted by atomic mass is 10.1. The highest BCUT2D eigenvalue weighted by Gasteiger charge is 2.08. The smallest absolute Gasteiger partial charge is 0.255 e. The number of anilines is 1. The minimum atomic E-state index is -0.108. The van der Waals surface area contributed by atoms with Crippen LogP contribution in [0.25, 0.3) is 0 Å². The number of aryl methyl sites for hydroxylation is 1. The van der Waals surface area contributed by atoms with Gasteiger partial charge in [-0.2, -0.15) is 0 Å². The maximum Gasteiger partial charge on any atom is 0.255 e. The normalized spacial score (nSPS) is 10.1. The van der Waals surface area contributed by atoms with Gasteiger partial charge in [0.15, 0.2) is 0 Å². The molecule has 19 heavy (non-hydrogen) atoms. The number of rotatable bonds is 3. The van der Waals surface area contributed by atoms with Gasteiger partial charge in [0.1, 0.15) is 5.75 Å². The molecule has 0 bridgehead atoms. The van der Waals surface area contributed by atoms with E-state index in [4.69, 9.17) is 4.74 Å². The molecule has 0 aliphatic rings. The van der Waals surface area contributed by atoms with Crippen molar-refractivity contribution in [2.24, 2.45) is 0 Å². The van der Waals surface area contributed by atoms with Crippen molar-refractivity contribution >= 4 is 34.2 Å². The Balaban J connectivity index is 2.17. The Morgan fingerprint density at radius 2 is 1.84 bits per heavy atom. The summed E-state index contributed by atoms with van der Waals surface area (Å²) < 4.78 is 6.08. The van der Waals surface area contributed by atoms with E-state index >= 15 is 0 Å². The first-order valence-corrected chi connectivity index (χ1v) is 6.89. The second kappa shape index (κ2) is 6.06. The fraction of sp³-hybridized carbons (Fsp3) is 0.133. The molecule has 0 aliphatic heterocycles. The topological polar surface area (TPSA) is 38.3 Å². The summed E-state index contributed by atoms with van der Waals surface area (Å²) in [6.07, 6.45) is 0. The maximum absolute atomic E-state index is 12.1. The summed E-state index contributed by atoms with van der Waals surface area (Å²) in [6, 6.07) is 13.0. The molecule has 2 aromatic carbocycles. The molecule has 1 N–H and O–H groups in total. The largest absolute Gasteiger partial charge is 0.497 e. The van der Waals surface area contributed by atoms with Crippen LogP contribution in [-0.2, 0) is 0 Å². The van der Waals surface area contributed by atoms with E-state index in [0.29, 0.717) is 5.56 Å². The van der Waals surface area contributed by atoms with Crippen molar-refractivity contribution in [3.63, 3.8) is 0 Å². The quantitative estimate of drug-likeness (QED) is 0.837. The van der Waals surface area contributed by atoms with E-state index < -0.39 is 0 Å². The number of amides is 1. The van der Waals surface area contributed by atoms with Gasteiger partial charge in [-0.3, -0.25) is 4.79 Å². The van der Waals surface area contributed by atoms with Crippen molar-refractivity contribution in [1.82, 2.24) is 0 Å². The summed E-state index contributed by atoms with van der Waals surface area (Å²) in [7, 11) is 1.62. The molecular formula is C15H14INO2. The van der Waals surface area contributed by atoms with Crippen LogP contribution >= 0.6 is 22.6 Å². The van der Waals surface area contributed by atoms with Gasteiger partial charge in [-0.25, -0.2) is 0 Å². The third-order valence-electron chi connectivity index (χ3n) is 2.74. The van der Waals surface area contributed by atoms with Crippen molar-refractivity contribution in [2.75, 3.05) is 12.4 Å². The standard InChI is InChI=1S/C15H14INO2/c1-10-3-5-11(6-4-10)15(18)17-14-8-7-12(19-2)9-13(14)16/h3-9H,1-2H3,(H,17,18). The lowest BCUT2D eigenvalue weighted by Gasteiger charge is -2.09. The molecule has 0 fully saturated rings. The summed E-state index contributed by atoms with van der Waals surface area (Å²) in [6.45, 7) is 1.99. The molecule has 1 amide bonds. The molecule has 0 aliphatic carbocycles. The second-order valence-electron chi connectivity index (χ2n) is 4.17. The molecule has 0 unspecified atom stereocenters. The summed E-state index contributed by atoms with van der Waals surface area (Å²) in [5.41, 5.74) is 2.57. The number of carbonyl (C=O) groups excluding carboxylic acids is 1. The van der Waals surface area contributed by atoms with Crippen LogP contribution in [-0.4, -0.2) is 13.0 Å². The van der Waals surface area contributed by atoms with Gasteiger partial charge in [-0.15, -0.1) is 0 Å². The molecule has 0 aromatic heterocycles. The number of methoxy groups -OCH3 is 1. The fourth-order valence-electron chi connectivity index (χ4n) is 1.62. The van der Waals surface area contributed by atoms with Gasteiger partial charge >= 0.3 is 0 Å². The average molecular weight is 367 g/mol. The number of carbonyl (C=O) groups is 1. The Labute approximate surface area is 126 Å². The molecular weight excluding hydrogens is 353 g/mol. The van der Waals surface area contributed by atoms with Gasteiger partial charge in [-0.1, -0.05) is 17.7 Å². The summed E-state index contributed by atoms with van der Waals surface area (Å²) in [4.78, 5) is 12.1. The van der Waals surface area contributed by atoms with Crippen LogP contribution < -0.4 is 10.1 Å². The predicted octanol–water partition coefficient (Wildman–Crippen LogP) is 3.86. The lowest BCUT2D eigenvalue weighted by molar-refractivity contribution is 0.102. The molecule has 0 saturated heterocycles. The first-order valence-electron chi connectivity index (χ1n) is 5.81. The van der Waals surface area contributed by atoms with Gasteiger partial charge in [0, 0.05) is 9.13 Å². The first-order chi connectivity index (χ1) is 9.10. The number of halogens is 1. The molecule has 0 radical (unpaired) electrons. The molecule has 2 aromatic rings. The van der Waals surface area contributed by atoms with Gasteiger partial charge in [0.2, 0.25) is 0 Å². The highest BCUT2D eigenvalue weighted by atomic mass is 127. The van der Waals surface area contributed by atoms with Crippen LogP contribution in [0, 0.1) is 10.5 Å². The third kappa shape index (κ3) is 3.47.